The van der Waals surface area contributed by atoms with Gasteiger partial charge in [-0.05, 0) is 36.6 Å². The molecule has 2 aliphatic heterocycles. The first-order valence-corrected chi connectivity index (χ1v) is 8.53. The van der Waals surface area contributed by atoms with Crippen molar-refractivity contribution in [3.8, 4) is 0 Å². The van der Waals surface area contributed by atoms with Crippen LogP contribution in [-0.4, -0.2) is 53.9 Å². The third-order valence-corrected chi connectivity index (χ3v) is 5.34. The van der Waals surface area contributed by atoms with Gasteiger partial charge in [-0.3, -0.25) is 9.69 Å². The van der Waals surface area contributed by atoms with Crippen molar-refractivity contribution in [3.05, 3.63) is 47.5 Å². The number of nitrogens with zero attached hydrogens (tertiary/aromatic N) is 2. The minimum atomic E-state index is -0.263. The Morgan fingerprint density at radius 1 is 1.25 bits per heavy atom. The number of carbonyl (C=O) groups excluding carboxylic acids is 2. The fourth-order valence-electron chi connectivity index (χ4n) is 4.32. The summed E-state index contributed by atoms with van der Waals surface area (Å²) < 4.78 is 5.57. The number of piperazine rings is 1. The Morgan fingerprint density at radius 3 is 2.83 bits per heavy atom. The number of fused-ring (bicyclic) bond motifs is 4. The number of hydrogen-bond acceptors (Lipinski definition) is 4. The van der Waals surface area contributed by atoms with E-state index < -0.39 is 0 Å². The standard InChI is InChI=1S/C19H22N2O3/c1-20-10-15-7-14-8-16(22)9-17(14)18(11-20)21(15)19(23)24-12-13-5-3-2-4-6-13/h2-6,9,14-15,18H,7-8,10-12H2,1H3/t14-,15-,18-/m0/s1. The summed E-state index contributed by atoms with van der Waals surface area (Å²) in [6.07, 6.45) is 2.97. The molecule has 1 aromatic rings. The minimum Gasteiger partial charge on any atom is -0.445 e. The summed E-state index contributed by atoms with van der Waals surface area (Å²) in [6.45, 7) is 1.90. The van der Waals surface area contributed by atoms with Crippen molar-refractivity contribution in [3.63, 3.8) is 0 Å². The molecule has 1 amide bonds. The lowest BCUT2D eigenvalue weighted by atomic mass is 9.80. The van der Waals surface area contributed by atoms with Gasteiger partial charge >= 0.3 is 6.09 Å². The number of amides is 1. The third-order valence-electron chi connectivity index (χ3n) is 5.34. The van der Waals surface area contributed by atoms with Crippen molar-refractivity contribution in [2.24, 2.45) is 5.92 Å². The van der Waals surface area contributed by atoms with Gasteiger partial charge in [-0.1, -0.05) is 30.3 Å². The molecule has 2 heterocycles. The van der Waals surface area contributed by atoms with E-state index >= 15 is 0 Å². The van der Waals surface area contributed by atoms with E-state index in [-0.39, 0.29) is 30.6 Å². The second-order valence-corrected chi connectivity index (χ2v) is 7.09. The SMILES string of the molecule is CN1C[C@@H]2C[C@H]3CC(=O)C=C3[C@H](C1)N2C(=O)OCc1ccccc1. The number of piperidine rings is 1. The van der Waals surface area contributed by atoms with Crippen LogP contribution in [0.4, 0.5) is 4.79 Å². The number of hydrogen-bond donors (Lipinski definition) is 0. The fraction of sp³-hybridized carbons (Fsp3) is 0.474. The van der Waals surface area contributed by atoms with E-state index in [9.17, 15) is 9.59 Å². The molecule has 4 rings (SSSR count). The molecule has 0 radical (unpaired) electrons. The van der Waals surface area contributed by atoms with Crippen LogP contribution in [-0.2, 0) is 16.1 Å². The summed E-state index contributed by atoms with van der Waals surface area (Å²) in [5.41, 5.74) is 2.11. The first-order valence-electron chi connectivity index (χ1n) is 8.53. The molecule has 3 aliphatic rings. The van der Waals surface area contributed by atoms with Crippen molar-refractivity contribution in [2.75, 3.05) is 20.1 Å². The molecule has 0 unspecified atom stereocenters. The summed E-state index contributed by atoms with van der Waals surface area (Å²) in [6, 6.07) is 9.83. The normalized spacial score (nSPS) is 29.2. The highest BCUT2D eigenvalue weighted by molar-refractivity contribution is 5.94. The third kappa shape index (κ3) is 2.73. The topological polar surface area (TPSA) is 49.9 Å². The highest BCUT2D eigenvalue weighted by Crippen LogP contribution is 2.41. The molecular formula is C19H22N2O3. The van der Waals surface area contributed by atoms with Crippen LogP contribution in [0.5, 0.6) is 0 Å². The number of carbonyl (C=O) groups is 2. The van der Waals surface area contributed by atoms with E-state index in [4.69, 9.17) is 4.74 Å². The van der Waals surface area contributed by atoms with Gasteiger partial charge in [0.25, 0.3) is 0 Å². The Kier molecular flexibility index (Phi) is 3.88. The van der Waals surface area contributed by atoms with Crippen molar-refractivity contribution in [1.29, 1.82) is 0 Å². The van der Waals surface area contributed by atoms with Crippen molar-refractivity contribution < 1.29 is 14.3 Å². The predicted molar refractivity (Wildman–Crippen MR) is 89.4 cm³/mol. The molecule has 24 heavy (non-hydrogen) atoms. The first-order chi connectivity index (χ1) is 11.6. The Labute approximate surface area is 141 Å². The minimum absolute atomic E-state index is 0.0257. The van der Waals surface area contributed by atoms with Crippen molar-refractivity contribution in [1.82, 2.24) is 9.80 Å². The Morgan fingerprint density at radius 2 is 2.04 bits per heavy atom. The van der Waals surface area contributed by atoms with E-state index in [2.05, 4.69) is 11.9 Å². The van der Waals surface area contributed by atoms with Gasteiger partial charge in [-0.2, -0.15) is 0 Å². The summed E-state index contributed by atoms with van der Waals surface area (Å²) in [4.78, 5) is 28.7. The van der Waals surface area contributed by atoms with Crippen LogP contribution >= 0.6 is 0 Å². The van der Waals surface area contributed by atoms with E-state index in [1.807, 2.05) is 35.2 Å². The molecule has 3 atom stereocenters. The molecule has 0 saturated carbocycles. The maximum atomic E-state index is 12.7. The Bertz CT molecular complexity index is 685. The average Bonchev–Trinajstić information content (AvgIpc) is 2.93. The number of ketones is 1. The van der Waals surface area contributed by atoms with Gasteiger partial charge in [0.1, 0.15) is 6.61 Å². The highest BCUT2D eigenvalue weighted by atomic mass is 16.6. The fourth-order valence-corrected chi connectivity index (χ4v) is 4.32. The molecule has 2 saturated heterocycles. The zero-order valence-electron chi connectivity index (χ0n) is 13.9. The van der Waals surface area contributed by atoms with E-state index in [0.717, 1.165) is 30.6 Å². The number of likely N-dealkylation sites (tertiary alicyclic amines) is 1. The molecule has 2 fully saturated rings. The monoisotopic (exact) mass is 326 g/mol. The molecule has 126 valence electrons. The molecule has 1 aliphatic carbocycles. The number of benzene rings is 1. The highest BCUT2D eigenvalue weighted by Gasteiger charge is 2.48. The maximum absolute atomic E-state index is 12.7. The Hall–Kier alpha value is -2.14. The van der Waals surface area contributed by atoms with Crippen LogP contribution in [0.1, 0.15) is 18.4 Å². The second kappa shape index (κ2) is 6.06. The van der Waals surface area contributed by atoms with Crippen LogP contribution in [0.15, 0.2) is 42.0 Å². The zero-order valence-corrected chi connectivity index (χ0v) is 13.9. The second-order valence-electron chi connectivity index (χ2n) is 7.09. The van der Waals surface area contributed by atoms with Gasteiger partial charge in [-0.25, -0.2) is 4.79 Å². The number of likely N-dealkylation sites (N-methyl/N-ethyl adjacent to an activating group) is 1. The van der Waals surface area contributed by atoms with Crippen LogP contribution in [0.25, 0.3) is 0 Å². The molecule has 0 aromatic heterocycles. The zero-order chi connectivity index (χ0) is 16.7. The lowest BCUT2D eigenvalue weighted by Gasteiger charge is -2.51. The summed E-state index contributed by atoms with van der Waals surface area (Å²) in [5, 5.41) is 0. The van der Waals surface area contributed by atoms with E-state index in [1.165, 1.54) is 0 Å². The van der Waals surface area contributed by atoms with E-state index in [1.54, 1.807) is 6.08 Å². The predicted octanol–water partition coefficient (Wildman–Crippen LogP) is 2.23. The van der Waals surface area contributed by atoms with E-state index in [0.29, 0.717) is 12.3 Å². The number of rotatable bonds is 2. The van der Waals surface area contributed by atoms with Gasteiger partial charge in [0.05, 0.1) is 6.04 Å². The van der Waals surface area contributed by atoms with Crippen LogP contribution in [0, 0.1) is 5.92 Å². The van der Waals surface area contributed by atoms with Gasteiger partial charge < -0.3 is 9.64 Å². The smallest absolute Gasteiger partial charge is 0.410 e. The first kappa shape index (κ1) is 15.4. The van der Waals surface area contributed by atoms with Crippen molar-refractivity contribution in [2.45, 2.75) is 31.5 Å². The summed E-state index contributed by atoms with van der Waals surface area (Å²) >= 11 is 0. The molecule has 5 nitrogen and oxygen atoms in total. The largest absolute Gasteiger partial charge is 0.445 e. The Balaban J connectivity index is 1.52. The average molecular weight is 326 g/mol. The number of allylic oxidation sites excluding steroid dienone is 1. The summed E-state index contributed by atoms with van der Waals surface area (Å²) in [5.74, 6) is 0.516. The molecule has 2 bridgehead atoms. The van der Waals surface area contributed by atoms with Gasteiger partial charge in [-0.15, -0.1) is 0 Å². The summed E-state index contributed by atoms with van der Waals surface area (Å²) in [7, 11) is 2.07. The maximum Gasteiger partial charge on any atom is 0.410 e. The molecule has 0 N–H and O–H groups in total. The molecule has 5 heteroatoms. The van der Waals surface area contributed by atoms with Gasteiger partial charge in [0.15, 0.2) is 5.78 Å². The van der Waals surface area contributed by atoms with Gasteiger partial charge in [0.2, 0.25) is 0 Å². The van der Waals surface area contributed by atoms with Crippen LogP contribution < -0.4 is 0 Å². The van der Waals surface area contributed by atoms with Crippen LogP contribution in [0.2, 0.25) is 0 Å². The lowest BCUT2D eigenvalue weighted by Crippen LogP contribution is -2.63. The van der Waals surface area contributed by atoms with Crippen molar-refractivity contribution >= 4 is 11.9 Å². The molecule has 0 spiro atoms. The quantitative estimate of drug-likeness (QED) is 0.836. The van der Waals surface area contributed by atoms with Crippen LogP contribution in [0.3, 0.4) is 0 Å². The molecule has 1 aromatic carbocycles. The lowest BCUT2D eigenvalue weighted by molar-refractivity contribution is -0.114. The number of ether oxygens (including phenoxy) is 1. The molecular weight excluding hydrogens is 304 g/mol. The van der Waals surface area contributed by atoms with Gasteiger partial charge in [0, 0.05) is 25.6 Å².